The second kappa shape index (κ2) is 8.50. The van der Waals surface area contributed by atoms with Crippen molar-refractivity contribution in [1.82, 2.24) is 0 Å². The number of benzene rings is 3. The molecule has 0 N–H and O–H groups in total. The molecule has 0 aromatic heterocycles. The van der Waals surface area contributed by atoms with E-state index in [2.05, 4.69) is 130 Å². The van der Waals surface area contributed by atoms with Crippen LogP contribution in [0.25, 0.3) is 0 Å². The molecule has 0 saturated heterocycles. The van der Waals surface area contributed by atoms with Crippen molar-refractivity contribution in [3.8, 4) is 0 Å². The Morgan fingerprint density at radius 2 is 1.00 bits per heavy atom. The summed E-state index contributed by atoms with van der Waals surface area (Å²) >= 11 is 2.29. The summed E-state index contributed by atoms with van der Waals surface area (Å²) in [6.45, 7) is -1.76. The lowest BCUT2D eigenvalue weighted by molar-refractivity contribution is 1.59. The molecule has 0 aliphatic carbocycles. The maximum Gasteiger partial charge on any atom is -0.0148 e. The molecule has 0 nitrogen and oxygen atoms in total. The summed E-state index contributed by atoms with van der Waals surface area (Å²) in [5.74, 6) is 2.53. The molecular formula is C22H20IP. The first-order chi connectivity index (χ1) is 11.9. The first kappa shape index (κ1) is 17.3. The predicted molar refractivity (Wildman–Crippen MR) is 119 cm³/mol. The van der Waals surface area contributed by atoms with Crippen molar-refractivity contribution in [2.45, 2.75) is 6.42 Å². The molecule has 2 heteroatoms. The van der Waals surface area contributed by atoms with Gasteiger partial charge in [-0.3, -0.25) is 0 Å². The van der Waals surface area contributed by atoms with Crippen LogP contribution in [0.5, 0.6) is 0 Å². The molecule has 3 rings (SSSR count). The summed E-state index contributed by atoms with van der Waals surface area (Å²) in [5, 5.41) is 4.22. The van der Waals surface area contributed by atoms with Crippen LogP contribution in [0.15, 0.2) is 101 Å². The predicted octanol–water partition coefficient (Wildman–Crippen LogP) is 5.12. The van der Waals surface area contributed by atoms with Gasteiger partial charge in [-0.05, 0) is 33.3 Å². The fraction of sp³-hybridized carbons (Fsp3) is 0.0455. The SMILES string of the molecule is I/C=C\CC=P(c1ccccc1)(c1ccccc1)c1ccccc1. The maximum absolute atomic E-state index is 2.53. The van der Waals surface area contributed by atoms with Crippen molar-refractivity contribution in [3.05, 3.63) is 101 Å². The molecule has 0 spiro atoms. The summed E-state index contributed by atoms with van der Waals surface area (Å²) in [6.07, 6.45) is 3.19. The molecule has 0 radical (unpaired) electrons. The van der Waals surface area contributed by atoms with Crippen LogP contribution in [0.3, 0.4) is 0 Å². The zero-order valence-electron chi connectivity index (χ0n) is 13.4. The molecule has 3 aromatic carbocycles. The van der Waals surface area contributed by atoms with Crippen LogP contribution in [0.2, 0.25) is 0 Å². The molecule has 0 amide bonds. The van der Waals surface area contributed by atoms with Crippen molar-refractivity contribution in [1.29, 1.82) is 0 Å². The number of allylic oxidation sites excluding steroid dienone is 1. The van der Waals surface area contributed by atoms with E-state index in [1.807, 2.05) is 0 Å². The van der Waals surface area contributed by atoms with E-state index in [1.165, 1.54) is 15.9 Å². The molecule has 0 aliphatic heterocycles. The van der Waals surface area contributed by atoms with Gasteiger partial charge in [-0.1, -0.05) is 125 Å². The molecular weight excluding hydrogens is 422 g/mol. The van der Waals surface area contributed by atoms with Gasteiger partial charge in [-0.2, -0.15) is 0 Å². The largest absolute Gasteiger partial charge is 0.0746 e. The lowest BCUT2D eigenvalue weighted by Gasteiger charge is -2.28. The lowest BCUT2D eigenvalue weighted by Crippen LogP contribution is -2.26. The zero-order valence-corrected chi connectivity index (χ0v) is 16.5. The van der Waals surface area contributed by atoms with Crippen LogP contribution in [-0.2, 0) is 0 Å². The Labute approximate surface area is 158 Å². The minimum Gasteiger partial charge on any atom is -0.0746 e. The second-order valence-electron chi connectivity index (χ2n) is 5.51. The van der Waals surface area contributed by atoms with Gasteiger partial charge in [-0.15, -0.1) is 0 Å². The van der Waals surface area contributed by atoms with Crippen molar-refractivity contribution < 1.29 is 0 Å². The molecule has 24 heavy (non-hydrogen) atoms. The quantitative estimate of drug-likeness (QED) is 0.380. The van der Waals surface area contributed by atoms with Gasteiger partial charge in [0, 0.05) is 0 Å². The van der Waals surface area contributed by atoms with E-state index in [1.54, 1.807) is 0 Å². The van der Waals surface area contributed by atoms with Crippen LogP contribution in [0, 0.1) is 0 Å². The fourth-order valence-corrected chi connectivity index (χ4v) is 7.21. The minimum absolute atomic E-state index is 0.968. The van der Waals surface area contributed by atoms with Gasteiger partial charge in [-0.25, -0.2) is 0 Å². The smallest absolute Gasteiger partial charge is 0.0148 e. The highest BCUT2D eigenvalue weighted by molar-refractivity contribution is 14.1. The van der Waals surface area contributed by atoms with Gasteiger partial charge in [0.25, 0.3) is 0 Å². The van der Waals surface area contributed by atoms with Crippen LogP contribution >= 0.6 is 29.5 Å². The van der Waals surface area contributed by atoms with Gasteiger partial charge >= 0.3 is 0 Å². The Hall–Kier alpha value is -1.57. The van der Waals surface area contributed by atoms with Gasteiger partial charge in [0.15, 0.2) is 0 Å². The Morgan fingerprint density at radius 3 is 1.33 bits per heavy atom. The van der Waals surface area contributed by atoms with E-state index in [0.29, 0.717) is 0 Å². The summed E-state index contributed by atoms with van der Waals surface area (Å²) in [5.41, 5.74) is 0. The van der Waals surface area contributed by atoms with E-state index in [9.17, 15) is 0 Å². The average Bonchev–Trinajstić information content (AvgIpc) is 2.68. The monoisotopic (exact) mass is 442 g/mol. The van der Waals surface area contributed by atoms with Crippen molar-refractivity contribution >= 4 is 51.2 Å². The lowest BCUT2D eigenvalue weighted by atomic mass is 10.4. The molecule has 120 valence electrons. The maximum atomic E-state index is 2.53. The summed E-state index contributed by atoms with van der Waals surface area (Å²) in [6, 6.07) is 32.8. The molecule has 0 unspecified atom stereocenters. The standard InChI is InChI=1S/C22H20IP/c23-18-10-11-19-24(20-12-4-1-5-13-20,21-14-6-2-7-15-21)22-16-8-3-9-17-22/h1-10,12-19H,11H2/b18-10-. The third-order valence-electron chi connectivity index (χ3n) is 4.09. The molecule has 0 saturated carbocycles. The average molecular weight is 442 g/mol. The fourth-order valence-electron chi connectivity index (χ4n) is 3.02. The highest BCUT2D eigenvalue weighted by atomic mass is 127. The molecule has 0 bridgehead atoms. The Balaban J connectivity index is 2.35. The molecule has 0 heterocycles. The Bertz CT molecular complexity index is 733. The third-order valence-corrected chi connectivity index (χ3v) is 8.70. The second-order valence-corrected chi connectivity index (χ2v) is 9.59. The van der Waals surface area contributed by atoms with Gasteiger partial charge in [0.2, 0.25) is 0 Å². The summed E-state index contributed by atoms with van der Waals surface area (Å²) in [7, 11) is 0. The van der Waals surface area contributed by atoms with Crippen LogP contribution < -0.4 is 15.9 Å². The molecule has 3 aromatic rings. The van der Waals surface area contributed by atoms with Crippen molar-refractivity contribution in [3.63, 3.8) is 0 Å². The van der Waals surface area contributed by atoms with Gasteiger partial charge in [0.1, 0.15) is 0 Å². The molecule has 0 atom stereocenters. The molecule has 0 fully saturated rings. The van der Waals surface area contributed by atoms with E-state index < -0.39 is 6.89 Å². The minimum atomic E-state index is -1.76. The normalized spacial score (nSPS) is 11.5. The third kappa shape index (κ3) is 3.58. The first-order valence-electron chi connectivity index (χ1n) is 8.03. The van der Waals surface area contributed by atoms with Crippen molar-refractivity contribution in [2.75, 3.05) is 0 Å². The van der Waals surface area contributed by atoms with Gasteiger partial charge < -0.3 is 0 Å². The summed E-state index contributed by atoms with van der Waals surface area (Å²) in [4.78, 5) is 0. The number of hydrogen-bond acceptors (Lipinski definition) is 0. The van der Waals surface area contributed by atoms with Crippen LogP contribution in [0.1, 0.15) is 6.42 Å². The molecule has 0 aliphatic rings. The Kier molecular flexibility index (Phi) is 6.12. The number of rotatable bonds is 5. The number of hydrogen-bond donors (Lipinski definition) is 0. The first-order valence-corrected chi connectivity index (χ1v) is 11.1. The van der Waals surface area contributed by atoms with Gasteiger partial charge in [0.05, 0.1) is 0 Å². The summed E-state index contributed by atoms with van der Waals surface area (Å²) < 4.78 is 2.10. The van der Waals surface area contributed by atoms with Crippen LogP contribution in [0.4, 0.5) is 0 Å². The highest BCUT2D eigenvalue weighted by Gasteiger charge is 2.23. The topological polar surface area (TPSA) is 0 Å². The zero-order chi connectivity index (χ0) is 16.7. The van der Waals surface area contributed by atoms with E-state index >= 15 is 0 Å². The van der Waals surface area contributed by atoms with E-state index in [4.69, 9.17) is 0 Å². The highest BCUT2D eigenvalue weighted by Crippen LogP contribution is 2.43. The Morgan fingerprint density at radius 1 is 0.625 bits per heavy atom. The van der Waals surface area contributed by atoms with Crippen LogP contribution in [-0.4, -0.2) is 5.80 Å². The number of halogens is 1. The van der Waals surface area contributed by atoms with E-state index in [-0.39, 0.29) is 0 Å². The van der Waals surface area contributed by atoms with E-state index in [0.717, 1.165) is 6.42 Å². The van der Waals surface area contributed by atoms with Crippen molar-refractivity contribution in [2.24, 2.45) is 0 Å².